The molecule has 190 valence electrons. The molecule has 0 radical (unpaired) electrons. The van der Waals surface area contributed by atoms with Crippen molar-refractivity contribution in [1.82, 2.24) is 5.32 Å². The Labute approximate surface area is 215 Å². The minimum absolute atomic E-state index is 0.171. The van der Waals surface area contributed by atoms with Crippen LogP contribution in [0.3, 0.4) is 0 Å². The zero-order chi connectivity index (χ0) is 25.7. The first kappa shape index (κ1) is 26.0. The second-order valence-corrected chi connectivity index (χ2v) is 11.4. The molecule has 0 saturated heterocycles. The molecule has 1 N–H and O–H groups in total. The summed E-state index contributed by atoms with van der Waals surface area (Å²) in [5.41, 5.74) is 6.24. The van der Waals surface area contributed by atoms with E-state index in [9.17, 15) is 13.2 Å². The Hall–Kier alpha value is -3.12. The summed E-state index contributed by atoms with van der Waals surface area (Å²) in [5.74, 6) is -0.318. The van der Waals surface area contributed by atoms with Gasteiger partial charge in [0, 0.05) is 0 Å². The molecule has 5 nitrogen and oxygen atoms in total. The second kappa shape index (κ2) is 11.3. The Kier molecular flexibility index (Phi) is 8.14. The Morgan fingerprint density at radius 3 is 2.33 bits per heavy atom. The van der Waals surface area contributed by atoms with Crippen LogP contribution >= 0.6 is 0 Å². The lowest BCUT2D eigenvalue weighted by Crippen LogP contribution is -2.42. The van der Waals surface area contributed by atoms with Crippen molar-refractivity contribution in [1.29, 1.82) is 0 Å². The molecule has 1 amide bonds. The van der Waals surface area contributed by atoms with Gasteiger partial charge in [0.25, 0.3) is 10.0 Å². The molecule has 0 bridgehead atoms. The Morgan fingerprint density at radius 1 is 0.944 bits per heavy atom. The topological polar surface area (TPSA) is 66.5 Å². The number of benzene rings is 3. The minimum atomic E-state index is -3.95. The van der Waals surface area contributed by atoms with Crippen LogP contribution in [0.1, 0.15) is 67.0 Å². The van der Waals surface area contributed by atoms with Crippen molar-refractivity contribution in [3.63, 3.8) is 0 Å². The molecule has 0 aromatic heterocycles. The van der Waals surface area contributed by atoms with Crippen molar-refractivity contribution in [2.75, 3.05) is 10.8 Å². The van der Waals surface area contributed by atoms with E-state index in [4.69, 9.17) is 0 Å². The van der Waals surface area contributed by atoms with E-state index in [-0.39, 0.29) is 23.4 Å². The molecule has 0 saturated carbocycles. The van der Waals surface area contributed by atoms with Crippen LogP contribution in [0.5, 0.6) is 0 Å². The molecular weight excluding hydrogens is 468 g/mol. The number of sulfonamides is 1. The second-order valence-electron chi connectivity index (χ2n) is 9.57. The summed E-state index contributed by atoms with van der Waals surface area (Å²) < 4.78 is 28.8. The predicted molar refractivity (Wildman–Crippen MR) is 146 cm³/mol. The first-order valence-corrected chi connectivity index (χ1v) is 14.4. The van der Waals surface area contributed by atoms with Gasteiger partial charge < -0.3 is 5.32 Å². The molecule has 0 spiro atoms. The summed E-state index contributed by atoms with van der Waals surface area (Å²) in [6, 6.07) is 20.5. The maximum absolute atomic E-state index is 13.8. The third-order valence-electron chi connectivity index (χ3n) is 7.06. The largest absolute Gasteiger partial charge is 0.348 e. The maximum atomic E-state index is 13.8. The van der Waals surface area contributed by atoms with E-state index >= 15 is 0 Å². The number of rotatable bonds is 9. The lowest BCUT2D eigenvalue weighted by molar-refractivity contribution is -0.120. The number of aryl methyl sites for hydroxylation is 4. The van der Waals surface area contributed by atoms with Gasteiger partial charge in [0.2, 0.25) is 5.91 Å². The summed E-state index contributed by atoms with van der Waals surface area (Å²) >= 11 is 0. The van der Waals surface area contributed by atoms with Crippen molar-refractivity contribution < 1.29 is 13.2 Å². The van der Waals surface area contributed by atoms with Gasteiger partial charge in [0.15, 0.2) is 0 Å². The molecular formula is C30H36N2O3S. The van der Waals surface area contributed by atoms with Gasteiger partial charge in [-0.15, -0.1) is 0 Å². The van der Waals surface area contributed by atoms with Gasteiger partial charge in [-0.1, -0.05) is 67.9 Å². The highest BCUT2D eigenvalue weighted by Crippen LogP contribution is 2.29. The highest BCUT2D eigenvalue weighted by Gasteiger charge is 2.29. The highest BCUT2D eigenvalue weighted by atomic mass is 32.2. The summed E-state index contributed by atoms with van der Waals surface area (Å²) in [5, 5.41) is 3.12. The zero-order valence-electron chi connectivity index (χ0n) is 21.5. The first-order chi connectivity index (χ1) is 17.3. The van der Waals surface area contributed by atoms with Crippen molar-refractivity contribution in [3.8, 4) is 0 Å². The lowest BCUT2D eigenvalue weighted by atomic mass is 9.89. The van der Waals surface area contributed by atoms with Gasteiger partial charge in [-0.2, -0.15) is 0 Å². The molecule has 0 aliphatic heterocycles. The van der Waals surface area contributed by atoms with Gasteiger partial charge in [-0.3, -0.25) is 9.10 Å². The van der Waals surface area contributed by atoms with E-state index in [1.165, 1.54) is 28.3 Å². The molecule has 1 atom stereocenters. The van der Waals surface area contributed by atoms with E-state index in [0.29, 0.717) is 12.1 Å². The number of nitrogens with one attached hydrogen (secondary N) is 1. The van der Waals surface area contributed by atoms with Crippen molar-refractivity contribution >= 4 is 21.6 Å². The molecule has 3 aromatic rings. The van der Waals surface area contributed by atoms with Gasteiger partial charge in [-0.05, 0) is 85.9 Å². The number of para-hydroxylation sites is 1. The van der Waals surface area contributed by atoms with Crippen LogP contribution in [-0.2, 0) is 34.1 Å². The molecule has 1 aliphatic rings. The number of hydrogen-bond acceptors (Lipinski definition) is 3. The van der Waals surface area contributed by atoms with Gasteiger partial charge >= 0.3 is 0 Å². The molecule has 36 heavy (non-hydrogen) atoms. The predicted octanol–water partition coefficient (Wildman–Crippen LogP) is 5.90. The van der Waals surface area contributed by atoms with Crippen LogP contribution in [0.25, 0.3) is 0 Å². The Balaban J connectivity index is 1.63. The van der Waals surface area contributed by atoms with E-state index in [1.807, 2.05) is 39.0 Å². The third-order valence-corrected chi connectivity index (χ3v) is 8.83. The minimum Gasteiger partial charge on any atom is -0.348 e. The lowest BCUT2D eigenvalue weighted by Gasteiger charge is -2.27. The normalized spacial score (nSPS) is 14.1. The molecule has 6 heteroatoms. The fourth-order valence-electron chi connectivity index (χ4n) is 4.95. The fourth-order valence-corrected chi connectivity index (χ4v) is 6.41. The molecule has 3 aromatic carbocycles. The van der Waals surface area contributed by atoms with E-state index in [1.54, 1.807) is 30.3 Å². The van der Waals surface area contributed by atoms with E-state index in [0.717, 1.165) is 36.0 Å². The number of anilines is 1. The maximum Gasteiger partial charge on any atom is 0.264 e. The van der Waals surface area contributed by atoms with Gasteiger partial charge in [0.1, 0.15) is 6.54 Å². The Morgan fingerprint density at radius 2 is 1.64 bits per heavy atom. The summed E-state index contributed by atoms with van der Waals surface area (Å²) in [4.78, 5) is 13.5. The summed E-state index contributed by atoms with van der Waals surface area (Å²) in [7, 11) is -3.95. The SMILES string of the molecule is CCc1ccccc1N(CC(=O)N[C@@H](CC)c1ccc2c(c1)CCCC2)S(=O)(=O)c1ccc(C)cc1. The van der Waals surface area contributed by atoms with E-state index in [2.05, 4.69) is 23.5 Å². The third kappa shape index (κ3) is 5.65. The number of carbonyl (C=O) groups excluding carboxylic acids is 1. The van der Waals surface area contributed by atoms with Crippen LogP contribution in [0, 0.1) is 6.92 Å². The van der Waals surface area contributed by atoms with Crippen LogP contribution in [0.2, 0.25) is 0 Å². The molecule has 0 unspecified atom stereocenters. The van der Waals surface area contributed by atoms with Crippen molar-refractivity contribution in [2.45, 2.75) is 70.2 Å². The number of nitrogens with zero attached hydrogens (tertiary/aromatic N) is 1. The van der Waals surface area contributed by atoms with Crippen LogP contribution in [-0.4, -0.2) is 20.9 Å². The highest BCUT2D eigenvalue weighted by molar-refractivity contribution is 7.92. The smallest absolute Gasteiger partial charge is 0.264 e. The molecule has 0 fully saturated rings. The average Bonchev–Trinajstić information content (AvgIpc) is 2.90. The van der Waals surface area contributed by atoms with Crippen LogP contribution < -0.4 is 9.62 Å². The monoisotopic (exact) mass is 504 g/mol. The van der Waals surface area contributed by atoms with Crippen LogP contribution in [0.15, 0.2) is 71.6 Å². The fraction of sp³-hybridized carbons (Fsp3) is 0.367. The standard InChI is InChI=1S/C30H36N2O3S/c1-4-23-10-8-9-13-29(23)32(36(34,35)27-18-14-22(3)15-19-27)21-30(33)31-28(5-2)26-17-16-24-11-6-7-12-25(24)20-26/h8-10,13-20,28H,4-7,11-12,21H2,1-3H3,(H,31,33)/t28-/m0/s1. The molecule has 4 rings (SSSR count). The summed E-state index contributed by atoms with van der Waals surface area (Å²) in [6.45, 7) is 5.66. The average molecular weight is 505 g/mol. The van der Waals surface area contributed by atoms with Gasteiger partial charge in [0.05, 0.1) is 16.6 Å². The van der Waals surface area contributed by atoms with Crippen molar-refractivity contribution in [3.05, 3.63) is 94.5 Å². The Bertz CT molecular complexity index is 1320. The quantitative estimate of drug-likeness (QED) is 0.395. The summed E-state index contributed by atoms with van der Waals surface area (Å²) in [6.07, 6.45) is 5.99. The number of carbonyl (C=O) groups is 1. The molecule has 0 heterocycles. The first-order valence-electron chi connectivity index (χ1n) is 12.9. The van der Waals surface area contributed by atoms with Gasteiger partial charge in [-0.25, -0.2) is 8.42 Å². The van der Waals surface area contributed by atoms with Crippen molar-refractivity contribution in [2.24, 2.45) is 0 Å². The number of hydrogen-bond donors (Lipinski definition) is 1. The van der Waals surface area contributed by atoms with Crippen LogP contribution in [0.4, 0.5) is 5.69 Å². The number of fused-ring (bicyclic) bond motifs is 1. The molecule has 1 aliphatic carbocycles. The number of amides is 1. The zero-order valence-corrected chi connectivity index (χ0v) is 22.3. The van der Waals surface area contributed by atoms with E-state index < -0.39 is 10.0 Å².